The van der Waals surface area contributed by atoms with Crippen molar-refractivity contribution < 1.29 is 9.53 Å². The summed E-state index contributed by atoms with van der Waals surface area (Å²) in [5.41, 5.74) is 6.65. The van der Waals surface area contributed by atoms with Crippen LogP contribution < -0.4 is 15.8 Å². The number of ether oxygens (including phenoxy) is 1. The van der Waals surface area contributed by atoms with E-state index in [2.05, 4.69) is 21.2 Å². The molecule has 0 bridgehead atoms. The highest BCUT2D eigenvalue weighted by molar-refractivity contribution is 9.10. The van der Waals surface area contributed by atoms with E-state index < -0.39 is 0 Å². The molecule has 0 heterocycles. The summed E-state index contributed by atoms with van der Waals surface area (Å²) in [5.74, 6) is 0.636. The second-order valence-electron chi connectivity index (χ2n) is 4.88. The average Bonchev–Trinajstić information content (AvgIpc) is 2.41. The van der Waals surface area contributed by atoms with Crippen LogP contribution in [0.2, 0.25) is 0 Å². The minimum Gasteiger partial charge on any atom is -0.496 e. The predicted octanol–water partition coefficient (Wildman–Crippen LogP) is 2.46. The zero-order chi connectivity index (χ0) is 13.8. The number of hydrogen-bond donors (Lipinski definition) is 2. The number of methoxy groups -OCH3 is 1. The molecule has 0 radical (unpaired) electrons. The van der Waals surface area contributed by atoms with Crippen LogP contribution in [0.15, 0.2) is 22.7 Å². The van der Waals surface area contributed by atoms with Crippen molar-refractivity contribution in [3.8, 4) is 5.75 Å². The van der Waals surface area contributed by atoms with Crippen molar-refractivity contribution in [3.05, 3.63) is 28.2 Å². The molecule has 5 heteroatoms. The summed E-state index contributed by atoms with van der Waals surface area (Å²) < 4.78 is 5.92. The van der Waals surface area contributed by atoms with Gasteiger partial charge in [0.05, 0.1) is 11.6 Å². The van der Waals surface area contributed by atoms with Crippen LogP contribution in [0.5, 0.6) is 5.75 Å². The van der Waals surface area contributed by atoms with Crippen LogP contribution in [-0.2, 0) is 0 Å². The molecule has 0 aromatic heterocycles. The molecule has 0 aliphatic heterocycles. The van der Waals surface area contributed by atoms with E-state index in [1.807, 2.05) is 0 Å². The first-order chi connectivity index (χ1) is 9.11. The van der Waals surface area contributed by atoms with Gasteiger partial charge in [0.15, 0.2) is 0 Å². The highest BCUT2D eigenvalue weighted by Gasteiger charge is 2.23. The van der Waals surface area contributed by atoms with Gasteiger partial charge in [0.2, 0.25) is 0 Å². The number of hydrogen-bond acceptors (Lipinski definition) is 3. The van der Waals surface area contributed by atoms with Crippen LogP contribution in [0.25, 0.3) is 0 Å². The highest BCUT2D eigenvalue weighted by Crippen LogP contribution is 2.25. The zero-order valence-electron chi connectivity index (χ0n) is 11.0. The van der Waals surface area contributed by atoms with E-state index in [1.54, 1.807) is 25.3 Å². The fourth-order valence-electron chi connectivity index (χ4n) is 2.40. The third kappa shape index (κ3) is 3.48. The van der Waals surface area contributed by atoms with Crippen LogP contribution in [0.1, 0.15) is 36.0 Å². The summed E-state index contributed by atoms with van der Waals surface area (Å²) in [6.07, 6.45) is 4.23. The lowest BCUT2D eigenvalue weighted by atomic mass is 9.91. The van der Waals surface area contributed by atoms with Gasteiger partial charge in [-0.25, -0.2) is 0 Å². The number of rotatable bonds is 3. The lowest BCUT2D eigenvalue weighted by Gasteiger charge is -2.29. The van der Waals surface area contributed by atoms with Crippen molar-refractivity contribution >= 4 is 21.8 Å². The van der Waals surface area contributed by atoms with Gasteiger partial charge in [-0.2, -0.15) is 0 Å². The largest absolute Gasteiger partial charge is 0.496 e. The molecule has 19 heavy (non-hydrogen) atoms. The molecule has 104 valence electrons. The first-order valence-electron chi connectivity index (χ1n) is 6.52. The Morgan fingerprint density at radius 1 is 1.42 bits per heavy atom. The summed E-state index contributed by atoms with van der Waals surface area (Å²) in [7, 11) is 1.60. The second kappa shape index (κ2) is 6.39. The van der Waals surface area contributed by atoms with E-state index >= 15 is 0 Å². The van der Waals surface area contributed by atoms with Gasteiger partial charge < -0.3 is 15.8 Å². The quantitative estimate of drug-likeness (QED) is 0.896. The molecule has 0 saturated heterocycles. The smallest absolute Gasteiger partial charge is 0.251 e. The molecule has 1 aromatic carbocycles. The van der Waals surface area contributed by atoms with Gasteiger partial charge in [0.1, 0.15) is 5.75 Å². The molecular weight excluding hydrogens is 308 g/mol. The number of nitrogens with two attached hydrogens (primary N) is 1. The zero-order valence-corrected chi connectivity index (χ0v) is 12.6. The number of carbonyl (C=O) groups excluding carboxylic acids is 1. The molecule has 0 spiro atoms. The number of nitrogens with one attached hydrogen (secondary N) is 1. The topological polar surface area (TPSA) is 64.3 Å². The number of carbonyl (C=O) groups is 1. The lowest BCUT2D eigenvalue weighted by Crippen LogP contribution is -2.49. The maximum atomic E-state index is 12.2. The molecular formula is C14H19BrN2O2. The van der Waals surface area contributed by atoms with Gasteiger partial charge in [-0.15, -0.1) is 0 Å². The van der Waals surface area contributed by atoms with E-state index in [-0.39, 0.29) is 18.0 Å². The summed E-state index contributed by atoms with van der Waals surface area (Å²) in [4.78, 5) is 12.2. The van der Waals surface area contributed by atoms with Crippen molar-refractivity contribution in [1.29, 1.82) is 0 Å². The van der Waals surface area contributed by atoms with Crippen LogP contribution in [0.4, 0.5) is 0 Å². The van der Waals surface area contributed by atoms with Crippen molar-refractivity contribution in [3.63, 3.8) is 0 Å². The van der Waals surface area contributed by atoms with Gasteiger partial charge >= 0.3 is 0 Å². The van der Waals surface area contributed by atoms with Crippen molar-refractivity contribution in [1.82, 2.24) is 5.32 Å². The Balaban J connectivity index is 2.05. The highest BCUT2D eigenvalue weighted by atomic mass is 79.9. The van der Waals surface area contributed by atoms with Crippen molar-refractivity contribution in [2.75, 3.05) is 7.11 Å². The Kier molecular flexibility index (Phi) is 4.82. The maximum Gasteiger partial charge on any atom is 0.251 e. The molecule has 2 rings (SSSR count). The normalized spacial score (nSPS) is 22.9. The van der Waals surface area contributed by atoms with E-state index in [0.29, 0.717) is 11.3 Å². The molecule has 1 aliphatic carbocycles. The van der Waals surface area contributed by atoms with Crippen LogP contribution in [0, 0.1) is 0 Å². The Labute approximate surface area is 121 Å². The van der Waals surface area contributed by atoms with Crippen LogP contribution in [0.3, 0.4) is 0 Å². The molecule has 1 amide bonds. The molecule has 0 unspecified atom stereocenters. The Bertz CT molecular complexity index is 465. The SMILES string of the molecule is COc1ccc(C(=O)N[C@@H]2CCCC[C@H]2N)cc1Br. The van der Waals surface area contributed by atoms with Gasteiger partial charge in [-0.05, 0) is 47.0 Å². The first-order valence-corrected chi connectivity index (χ1v) is 7.31. The van der Waals surface area contributed by atoms with E-state index in [1.165, 1.54) is 0 Å². The van der Waals surface area contributed by atoms with Gasteiger partial charge in [-0.1, -0.05) is 12.8 Å². The van der Waals surface area contributed by atoms with Gasteiger partial charge in [-0.3, -0.25) is 4.79 Å². The minimum absolute atomic E-state index is 0.0689. The molecule has 1 aromatic rings. The monoisotopic (exact) mass is 326 g/mol. The van der Waals surface area contributed by atoms with Crippen molar-refractivity contribution in [2.45, 2.75) is 37.8 Å². The third-order valence-electron chi connectivity index (χ3n) is 3.55. The Morgan fingerprint density at radius 3 is 2.79 bits per heavy atom. The Hall–Kier alpha value is -1.07. The maximum absolute atomic E-state index is 12.2. The van der Waals surface area contributed by atoms with Crippen molar-refractivity contribution in [2.24, 2.45) is 5.73 Å². The van der Waals surface area contributed by atoms with Gasteiger partial charge in [0, 0.05) is 17.6 Å². The van der Waals surface area contributed by atoms with Crippen LogP contribution in [-0.4, -0.2) is 25.1 Å². The average molecular weight is 327 g/mol. The molecule has 1 aliphatic rings. The third-order valence-corrected chi connectivity index (χ3v) is 4.17. The fraction of sp³-hybridized carbons (Fsp3) is 0.500. The van der Waals surface area contributed by atoms with E-state index in [0.717, 1.165) is 30.2 Å². The number of benzene rings is 1. The van der Waals surface area contributed by atoms with Gasteiger partial charge in [0.25, 0.3) is 5.91 Å². The standard InChI is InChI=1S/C14H19BrN2O2/c1-19-13-7-6-9(8-10(13)15)14(18)17-12-5-3-2-4-11(12)16/h6-8,11-12H,2-5,16H2,1H3,(H,17,18)/t11-,12-/m1/s1. The molecule has 2 atom stereocenters. The second-order valence-corrected chi connectivity index (χ2v) is 5.73. The van der Waals surface area contributed by atoms with E-state index in [4.69, 9.17) is 10.5 Å². The summed E-state index contributed by atoms with van der Waals surface area (Å²) in [6, 6.07) is 5.46. The molecule has 3 N–H and O–H groups in total. The van der Waals surface area contributed by atoms with E-state index in [9.17, 15) is 4.79 Å². The Morgan fingerprint density at radius 2 is 2.16 bits per heavy atom. The molecule has 4 nitrogen and oxygen atoms in total. The number of halogens is 1. The minimum atomic E-state index is -0.0781. The first kappa shape index (κ1) is 14.3. The summed E-state index contributed by atoms with van der Waals surface area (Å²) >= 11 is 3.38. The number of amides is 1. The predicted molar refractivity (Wildman–Crippen MR) is 78.4 cm³/mol. The molecule has 1 fully saturated rings. The summed E-state index contributed by atoms with van der Waals surface area (Å²) in [6.45, 7) is 0. The van der Waals surface area contributed by atoms with Crippen LogP contribution >= 0.6 is 15.9 Å². The fourth-order valence-corrected chi connectivity index (χ4v) is 2.94. The summed E-state index contributed by atoms with van der Waals surface area (Å²) in [5, 5.41) is 3.02. The lowest BCUT2D eigenvalue weighted by molar-refractivity contribution is 0.0921. The molecule has 1 saturated carbocycles.